The predicted octanol–water partition coefficient (Wildman–Crippen LogP) is 0.592. The van der Waals surface area contributed by atoms with Gasteiger partial charge in [0.15, 0.2) is 0 Å². The van der Waals surface area contributed by atoms with Crippen molar-refractivity contribution in [3.63, 3.8) is 0 Å². The lowest BCUT2D eigenvalue weighted by Gasteiger charge is -2.16. The maximum atomic E-state index is 11.8. The van der Waals surface area contributed by atoms with Gasteiger partial charge in [0.25, 0.3) is 0 Å². The fourth-order valence-corrected chi connectivity index (χ4v) is 2.10. The van der Waals surface area contributed by atoms with Crippen molar-refractivity contribution in [1.82, 2.24) is 4.90 Å². The van der Waals surface area contributed by atoms with E-state index in [9.17, 15) is 4.79 Å². The molecule has 1 aliphatic carbocycles. The average molecular weight is 182 g/mol. The van der Waals surface area contributed by atoms with Gasteiger partial charge in [0.05, 0.1) is 0 Å². The van der Waals surface area contributed by atoms with Crippen molar-refractivity contribution in [2.24, 2.45) is 17.1 Å². The van der Waals surface area contributed by atoms with Crippen LogP contribution in [0.15, 0.2) is 0 Å². The Labute approximate surface area is 79.3 Å². The second-order valence-electron chi connectivity index (χ2n) is 5.08. The number of carbonyl (C=O) groups is 1. The van der Waals surface area contributed by atoms with Crippen LogP contribution < -0.4 is 5.73 Å². The predicted molar refractivity (Wildman–Crippen MR) is 51.1 cm³/mol. The molecule has 1 amide bonds. The third kappa shape index (κ3) is 1.57. The van der Waals surface area contributed by atoms with Crippen molar-refractivity contribution < 1.29 is 4.79 Å². The summed E-state index contributed by atoms with van der Waals surface area (Å²) in [6.07, 6.45) is 2.02. The second kappa shape index (κ2) is 2.71. The zero-order valence-corrected chi connectivity index (χ0v) is 8.42. The van der Waals surface area contributed by atoms with E-state index in [1.807, 2.05) is 4.90 Å². The highest BCUT2D eigenvalue weighted by Gasteiger charge is 2.52. The lowest BCUT2D eigenvalue weighted by molar-refractivity contribution is -0.132. The topological polar surface area (TPSA) is 46.3 Å². The third-order valence-electron chi connectivity index (χ3n) is 3.35. The number of hydrogen-bond acceptors (Lipinski definition) is 2. The highest BCUT2D eigenvalue weighted by atomic mass is 16.2. The molecule has 0 radical (unpaired) electrons. The minimum absolute atomic E-state index is 0.214. The molecule has 2 aliphatic rings. The van der Waals surface area contributed by atoms with Crippen molar-refractivity contribution in [1.29, 1.82) is 0 Å². The Hall–Kier alpha value is -0.570. The van der Waals surface area contributed by atoms with Crippen LogP contribution in [-0.4, -0.2) is 29.9 Å². The second-order valence-corrected chi connectivity index (χ2v) is 5.08. The summed E-state index contributed by atoms with van der Waals surface area (Å²) < 4.78 is 0. The standard InChI is InChI=1S/C10H18N2O/c1-10(2)5-8(10)9(13)12-4-3-7(11)6-12/h7-8H,3-6,11H2,1-2H3. The van der Waals surface area contributed by atoms with Crippen LogP contribution in [0.2, 0.25) is 0 Å². The van der Waals surface area contributed by atoms with Gasteiger partial charge in [-0.05, 0) is 18.3 Å². The van der Waals surface area contributed by atoms with E-state index in [0.29, 0.717) is 5.91 Å². The first kappa shape index (κ1) is 9.00. The van der Waals surface area contributed by atoms with Crippen LogP contribution in [0.5, 0.6) is 0 Å². The zero-order valence-electron chi connectivity index (χ0n) is 8.42. The SMILES string of the molecule is CC1(C)CC1C(=O)N1CCC(N)C1. The number of amides is 1. The molecule has 2 N–H and O–H groups in total. The maximum absolute atomic E-state index is 11.8. The summed E-state index contributed by atoms with van der Waals surface area (Å²) in [6, 6.07) is 0.214. The average Bonchev–Trinajstić information content (AvgIpc) is 2.47. The van der Waals surface area contributed by atoms with Crippen molar-refractivity contribution in [3.8, 4) is 0 Å². The molecule has 0 spiro atoms. The van der Waals surface area contributed by atoms with E-state index in [4.69, 9.17) is 5.73 Å². The lowest BCUT2D eigenvalue weighted by atomic mass is 10.1. The number of rotatable bonds is 1. The van der Waals surface area contributed by atoms with Gasteiger partial charge in [0, 0.05) is 25.0 Å². The molecule has 0 aromatic heterocycles. The van der Waals surface area contributed by atoms with Crippen molar-refractivity contribution in [2.75, 3.05) is 13.1 Å². The molecule has 2 rings (SSSR count). The lowest BCUT2D eigenvalue weighted by Crippen LogP contribution is -2.33. The molecule has 2 unspecified atom stereocenters. The van der Waals surface area contributed by atoms with Crippen LogP contribution in [0.3, 0.4) is 0 Å². The Morgan fingerprint density at radius 1 is 1.54 bits per heavy atom. The molecule has 0 bridgehead atoms. The first-order chi connectivity index (χ1) is 6.00. The Morgan fingerprint density at radius 2 is 2.15 bits per heavy atom. The third-order valence-corrected chi connectivity index (χ3v) is 3.35. The fourth-order valence-electron chi connectivity index (χ4n) is 2.10. The molecule has 1 saturated heterocycles. The van der Waals surface area contributed by atoms with Crippen LogP contribution >= 0.6 is 0 Å². The molecule has 0 aromatic rings. The number of carbonyl (C=O) groups excluding carboxylic acids is 1. The van der Waals surface area contributed by atoms with Crippen molar-refractivity contribution >= 4 is 5.91 Å². The van der Waals surface area contributed by atoms with E-state index in [0.717, 1.165) is 25.9 Å². The number of nitrogens with two attached hydrogens (primary N) is 1. The quantitative estimate of drug-likeness (QED) is 0.645. The van der Waals surface area contributed by atoms with E-state index in [1.54, 1.807) is 0 Å². The van der Waals surface area contributed by atoms with E-state index < -0.39 is 0 Å². The highest BCUT2D eigenvalue weighted by Crippen LogP contribution is 2.52. The minimum atomic E-state index is 0.214. The van der Waals surface area contributed by atoms with Gasteiger partial charge in [-0.15, -0.1) is 0 Å². The number of hydrogen-bond donors (Lipinski definition) is 1. The molecular formula is C10H18N2O. The van der Waals surface area contributed by atoms with Gasteiger partial charge in [0.1, 0.15) is 0 Å². The van der Waals surface area contributed by atoms with Crippen LogP contribution in [0.25, 0.3) is 0 Å². The van der Waals surface area contributed by atoms with Gasteiger partial charge >= 0.3 is 0 Å². The van der Waals surface area contributed by atoms with Crippen LogP contribution in [0.4, 0.5) is 0 Å². The van der Waals surface area contributed by atoms with Gasteiger partial charge in [-0.3, -0.25) is 4.79 Å². The fraction of sp³-hybridized carbons (Fsp3) is 0.900. The summed E-state index contributed by atoms with van der Waals surface area (Å²) in [5.74, 6) is 0.607. The molecule has 2 atom stereocenters. The molecule has 74 valence electrons. The first-order valence-electron chi connectivity index (χ1n) is 5.05. The van der Waals surface area contributed by atoms with Gasteiger partial charge in [-0.1, -0.05) is 13.8 Å². The Bertz CT molecular complexity index is 237. The van der Waals surface area contributed by atoms with Crippen molar-refractivity contribution in [3.05, 3.63) is 0 Å². The molecule has 2 fully saturated rings. The molecule has 1 saturated carbocycles. The minimum Gasteiger partial charge on any atom is -0.341 e. The highest BCUT2D eigenvalue weighted by molar-refractivity contribution is 5.82. The van der Waals surface area contributed by atoms with E-state index in [1.165, 1.54) is 0 Å². The number of nitrogens with zero attached hydrogens (tertiary/aromatic N) is 1. The molecule has 0 aromatic carbocycles. The van der Waals surface area contributed by atoms with E-state index >= 15 is 0 Å². The zero-order chi connectivity index (χ0) is 9.64. The van der Waals surface area contributed by atoms with Gasteiger partial charge in [0.2, 0.25) is 5.91 Å². The summed E-state index contributed by atoms with van der Waals surface area (Å²) >= 11 is 0. The summed E-state index contributed by atoms with van der Waals surface area (Å²) in [5.41, 5.74) is 6.01. The number of likely N-dealkylation sites (tertiary alicyclic amines) is 1. The summed E-state index contributed by atoms with van der Waals surface area (Å²) in [5, 5.41) is 0. The van der Waals surface area contributed by atoms with Gasteiger partial charge in [-0.2, -0.15) is 0 Å². The van der Waals surface area contributed by atoms with Crippen LogP contribution in [0.1, 0.15) is 26.7 Å². The molecule has 13 heavy (non-hydrogen) atoms. The van der Waals surface area contributed by atoms with Crippen LogP contribution in [0, 0.1) is 11.3 Å². The van der Waals surface area contributed by atoms with Crippen LogP contribution in [-0.2, 0) is 4.79 Å². The monoisotopic (exact) mass is 182 g/mol. The van der Waals surface area contributed by atoms with E-state index in [-0.39, 0.29) is 17.4 Å². The van der Waals surface area contributed by atoms with E-state index in [2.05, 4.69) is 13.8 Å². The largest absolute Gasteiger partial charge is 0.341 e. The first-order valence-corrected chi connectivity index (χ1v) is 5.05. The summed E-state index contributed by atoms with van der Waals surface area (Å²) in [4.78, 5) is 13.8. The molecule has 1 aliphatic heterocycles. The Kier molecular flexibility index (Phi) is 1.88. The summed E-state index contributed by atoms with van der Waals surface area (Å²) in [7, 11) is 0. The molecule has 1 heterocycles. The Morgan fingerprint density at radius 3 is 2.54 bits per heavy atom. The van der Waals surface area contributed by atoms with Crippen molar-refractivity contribution in [2.45, 2.75) is 32.7 Å². The Balaban J connectivity index is 1.92. The molecular weight excluding hydrogens is 164 g/mol. The van der Waals surface area contributed by atoms with Gasteiger partial charge < -0.3 is 10.6 Å². The van der Waals surface area contributed by atoms with Gasteiger partial charge in [-0.25, -0.2) is 0 Å². The molecule has 3 heteroatoms. The smallest absolute Gasteiger partial charge is 0.226 e. The molecule has 3 nitrogen and oxygen atoms in total. The maximum Gasteiger partial charge on any atom is 0.226 e. The summed E-state index contributed by atoms with van der Waals surface area (Å²) in [6.45, 7) is 5.95. The normalized spacial score (nSPS) is 36.4.